The third-order valence-corrected chi connectivity index (χ3v) is 3.08. The summed E-state index contributed by atoms with van der Waals surface area (Å²) in [5.41, 5.74) is 0.361. The Balaban J connectivity index is 2.24. The maximum absolute atomic E-state index is 12.3. The van der Waals surface area contributed by atoms with Gasteiger partial charge in [0.1, 0.15) is 23.2 Å². The highest BCUT2D eigenvalue weighted by atomic mass is 16.5. The van der Waals surface area contributed by atoms with Crippen LogP contribution < -0.4 is 5.32 Å². The molecule has 0 bridgehead atoms. The molecule has 0 fully saturated rings. The van der Waals surface area contributed by atoms with Crippen LogP contribution in [0.15, 0.2) is 46.4 Å². The van der Waals surface area contributed by atoms with Crippen molar-refractivity contribution in [3.63, 3.8) is 0 Å². The minimum Gasteiger partial charge on any atom is -0.462 e. The van der Waals surface area contributed by atoms with Crippen molar-refractivity contribution in [3.8, 4) is 6.07 Å². The normalized spacial score (nSPS) is 10.8. The van der Waals surface area contributed by atoms with Crippen molar-refractivity contribution in [3.05, 3.63) is 59.1 Å². The lowest BCUT2D eigenvalue weighted by Crippen LogP contribution is -2.17. The highest BCUT2D eigenvalue weighted by molar-refractivity contribution is 6.11. The molecular formula is C18H16N2O4. The van der Waals surface area contributed by atoms with Gasteiger partial charge in [-0.05, 0) is 38.1 Å². The summed E-state index contributed by atoms with van der Waals surface area (Å²) in [6.45, 7) is 3.68. The molecule has 0 aliphatic heterocycles. The topological polar surface area (TPSA) is 92.3 Å². The first-order valence-corrected chi connectivity index (χ1v) is 7.31. The van der Waals surface area contributed by atoms with E-state index in [1.165, 1.54) is 6.08 Å². The summed E-state index contributed by atoms with van der Waals surface area (Å²) in [7, 11) is 0. The number of ether oxygens (including phenoxy) is 1. The van der Waals surface area contributed by atoms with Crippen molar-refractivity contribution in [2.24, 2.45) is 0 Å². The predicted octanol–water partition coefficient (Wildman–Crippen LogP) is 3.31. The second-order valence-corrected chi connectivity index (χ2v) is 4.84. The quantitative estimate of drug-likeness (QED) is 0.517. The van der Waals surface area contributed by atoms with E-state index in [0.29, 0.717) is 11.5 Å². The molecule has 0 saturated carbocycles. The number of hydrogen-bond acceptors (Lipinski definition) is 5. The van der Waals surface area contributed by atoms with Crippen LogP contribution in [0.5, 0.6) is 0 Å². The Labute approximate surface area is 139 Å². The molecule has 2 aromatic rings. The van der Waals surface area contributed by atoms with E-state index in [-0.39, 0.29) is 23.4 Å². The molecule has 6 nitrogen and oxygen atoms in total. The monoisotopic (exact) mass is 324 g/mol. The molecule has 1 aromatic carbocycles. The fourth-order valence-corrected chi connectivity index (χ4v) is 1.99. The average molecular weight is 324 g/mol. The second kappa shape index (κ2) is 7.79. The SMILES string of the molecule is CCOC(=O)c1ccccc1NC(=O)/C(C#N)=C/c1ccc(C)o1. The van der Waals surface area contributed by atoms with E-state index in [0.717, 1.165) is 0 Å². The van der Waals surface area contributed by atoms with Gasteiger partial charge in [0.2, 0.25) is 0 Å². The number of carbonyl (C=O) groups is 2. The van der Waals surface area contributed by atoms with E-state index in [1.807, 2.05) is 6.07 Å². The summed E-state index contributed by atoms with van der Waals surface area (Å²) in [5, 5.41) is 11.7. The van der Waals surface area contributed by atoms with Crippen LogP contribution in [0.2, 0.25) is 0 Å². The molecule has 0 saturated heterocycles. The van der Waals surface area contributed by atoms with Crippen LogP contribution in [-0.4, -0.2) is 18.5 Å². The van der Waals surface area contributed by atoms with E-state index in [1.54, 1.807) is 50.2 Å². The average Bonchev–Trinajstić information content (AvgIpc) is 2.98. The molecule has 0 unspecified atom stereocenters. The van der Waals surface area contributed by atoms with Crippen molar-refractivity contribution in [1.82, 2.24) is 0 Å². The van der Waals surface area contributed by atoms with Gasteiger partial charge in [-0.1, -0.05) is 12.1 Å². The number of nitrogens with one attached hydrogen (secondary N) is 1. The van der Waals surface area contributed by atoms with E-state index in [4.69, 9.17) is 9.15 Å². The molecule has 2 rings (SSSR count). The third kappa shape index (κ3) is 4.11. The summed E-state index contributed by atoms with van der Waals surface area (Å²) in [4.78, 5) is 24.2. The summed E-state index contributed by atoms with van der Waals surface area (Å²) in [6.07, 6.45) is 1.34. The fraction of sp³-hybridized carbons (Fsp3) is 0.167. The Hall–Kier alpha value is -3.33. The number of esters is 1. The lowest BCUT2D eigenvalue weighted by atomic mass is 10.1. The van der Waals surface area contributed by atoms with Gasteiger partial charge in [-0.25, -0.2) is 4.79 Å². The summed E-state index contributed by atoms with van der Waals surface area (Å²) in [6, 6.07) is 11.7. The second-order valence-electron chi connectivity index (χ2n) is 4.84. The molecule has 122 valence electrons. The van der Waals surface area contributed by atoms with E-state index in [9.17, 15) is 14.9 Å². The van der Waals surface area contributed by atoms with Crippen molar-refractivity contribution >= 4 is 23.6 Å². The Kier molecular flexibility index (Phi) is 5.53. The van der Waals surface area contributed by atoms with Crippen LogP contribution in [0.25, 0.3) is 6.08 Å². The highest BCUT2D eigenvalue weighted by Crippen LogP contribution is 2.18. The van der Waals surface area contributed by atoms with E-state index < -0.39 is 11.9 Å². The molecule has 0 aliphatic carbocycles. The number of carbonyl (C=O) groups excluding carboxylic acids is 2. The number of nitriles is 1. The zero-order valence-corrected chi connectivity index (χ0v) is 13.3. The summed E-state index contributed by atoms with van der Waals surface area (Å²) >= 11 is 0. The maximum atomic E-state index is 12.3. The molecule has 0 aliphatic rings. The number of hydrogen-bond donors (Lipinski definition) is 1. The van der Waals surface area contributed by atoms with Crippen molar-refractivity contribution in [2.45, 2.75) is 13.8 Å². The van der Waals surface area contributed by atoms with Gasteiger partial charge in [-0.15, -0.1) is 0 Å². The molecule has 6 heteroatoms. The standard InChI is InChI=1S/C18H16N2O4/c1-3-23-18(22)15-6-4-5-7-16(15)20-17(21)13(11-19)10-14-9-8-12(2)24-14/h4-10H,3H2,1-2H3,(H,20,21)/b13-10+. The van der Waals surface area contributed by atoms with Crippen molar-refractivity contribution < 1.29 is 18.7 Å². The summed E-state index contributed by atoms with van der Waals surface area (Å²) < 4.78 is 10.3. The Morgan fingerprint density at radius 3 is 2.67 bits per heavy atom. The largest absolute Gasteiger partial charge is 0.462 e. The highest BCUT2D eigenvalue weighted by Gasteiger charge is 2.16. The third-order valence-electron chi connectivity index (χ3n) is 3.08. The summed E-state index contributed by atoms with van der Waals surface area (Å²) in [5.74, 6) is -0.106. The number of para-hydroxylation sites is 1. The number of anilines is 1. The Bertz CT molecular complexity index is 828. The molecule has 1 heterocycles. The molecule has 1 amide bonds. The van der Waals surface area contributed by atoms with E-state index >= 15 is 0 Å². The minimum absolute atomic E-state index is 0.136. The number of benzene rings is 1. The van der Waals surface area contributed by atoms with Crippen LogP contribution in [0.3, 0.4) is 0 Å². The molecule has 0 spiro atoms. The number of aryl methyl sites for hydroxylation is 1. The first kappa shape index (κ1) is 17.0. The van der Waals surface area contributed by atoms with Crippen LogP contribution in [-0.2, 0) is 9.53 Å². The molecule has 0 radical (unpaired) electrons. The number of furan rings is 1. The lowest BCUT2D eigenvalue weighted by Gasteiger charge is -2.09. The molecular weight excluding hydrogens is 308 g/mol. The van der Waals surface area contributed by atoms with Crippen LogP contribution >= 0.6 is 0 Å². The van der Waals surface area contributed by atoms with Crippen LogP contribution in [0, 0.1) is 18.3 Å². The van der Waals surface area contributed by atoms with Crippen LogP contribution in [0.4, 0.5) is 5.69 Å². The molecule has 0 atom stereocenters. The number of rotatable bonds is 5. The minimum atomic E-state index is -0.636. The van der Waals surface area contributed by atoms with Gasteiger partial charge < -0.3 is 14.5 Å². The van der Waals surface area contributed by atoms with E-state index in [2.05, 4.69) is 5.32 Å². The van der Waals surface area contributed by atoms with Gasteiger partial charge in [-0.3, -0.25) is 4.79 Å². The zero-order chi connectivity index (χ0) is 17.5. The Morgan fingerprint density at radius 2 is 2.04 bits per heavy atom. The van der Waals surface area contributed by atoms with Crippen LogP contribution in [0.1, 0.15) is 28.8 Å². The maximum Gasteiger partial charge on any atom is 0.340 e. The van der Waals surface area contributed by atoms with Gasteiger partial charge in [0.15, 0.2) is 0 Å². The lowest BCUT2D eigenvalue weighted by molar-refractivity contribution is -0.112. The van der Waals surface area contributed by atoms with Gasteiger partial charge in [0.25, 0.3) is 5.91 Å². The molecule has 1 N–H and O–H groups in total. The molecule has 1 aromatic heterocycles. The smallest absolute Gasteiger partial charge is 0.340 e. The van der Waals surface area contributed by atoms with Crippen molar-refractivity contribution in [1.29, 1.82) is 5.26 Å². The number of nitrogens with zero attached hydrogens (tertiary/aromatic N) is 1. The Morgan fingerprint density at radius 1 is 1.29 bits per heavy atom. The predicted molar refractivity (Wildman–Crippen MR) is 88.1 cm³/mol. The zero-order valence-electron chi connectivity index (χ0n) is 13.3. The van der Waals surface area contributed by atoms with Gasteiger partial charge in [0.05, 0.1) is 17.9 Å². The fourth-order valence-electron chi connectivity index (χ4n) is 1.99. The van der Waals surface area contributed by atoms with Gasteiger partial charge in [0, 0.05) is 6.08 Å². The number of amides is 1. The van der Waals surface area contributed by atoms with Gasteiger partial charge >= 0.3 is 5.97 Å². The molecule has 24 heavy (non-hydrogen) atoms. The van der Waals surface area contributed by atoms with Crippen molar-refractivity contribution in [2.75, 3.05) is 11.9 Å². The first-order valence-electron chi connectivity index (χ1n) is 7.31. The van der Waals surface area contributed by atoms with Gasteiger partial charge in [-0.2, -0.15) is 5.26 Å². The first-order chi connectivity index (χ1) is 11.5.